The molecule has 1 fully saturated rings. The summed E-state index contributed by atoms with van der Waals surface area (Å²) in [6.07, 6.45) is 2.12. The van der Waals surface area contributed by atoms with Gasteiger partial charge in [0.05, 0.1) is 14.2 Å². The molecule has 1 aliphatic heterocycles. The van der Waals surface area contributed by atoms with Crippen LogP contribution >= 0.6 is 0 Å². The van der Waals surface area contributed by atoms with Crippen LogP contribution < -0.4 is 0 Å². The van der Waals surface area contributed by atoms with Crippen LogP contribution in [0.5, 0.6) is 0 Å². The van der Waals surface area contributed by atoms with Crippen molar-refractivity contribution >= 4 is 17.6 Å². The first-order chi connectivity index (χ1) is 9.44. The van der Waals surface area contributed by atoms with E-state index in [0.29, 0.717) is 30.6 Å². The van der Waals surface area contributed by atoms with Crippen molar-refractivity contribution in [3.05, 3.63) is 0 Å². The molecule has 0 aromatic heterocycles. The second-order valence-corrected chi connectivity index (χ2v) is 6.11. The van der Waals surface area contributed by atoms with Crippen molar-refractivity contribution in [3.63, 3.8) is 0 Å². The van der Waals surface area contributed by atoms with E-state index in [1.165, 1.54) is 0 Å². The fourth-order valence-electron chi connectivity index (χ4n) is 2.94. The first-order valence-corrected chi connectivity index (χ1v) is 7.24. The van der Waals surface area contributed by atoms with Crippen LogP contribution in [-0.4, -0.2) is 43.4 Å². The highest BCUT2D eigenvalue weighted by Crippen LogP contribution is 2.37. The molecule has 5 nitrogen and oxygen atoms in total. The molecule has 0 N–H and O–H groups in total. The van der Waals surface area contributed by atoms with Gasteiger partial charge in [-0.15, -0.1) is 0 Å². The number of rotatable bonds is 1. The molecule has 1 spiro atoms. The topological polar surface area (TPSA) is 60.2 Å². The van der Waals surface area contributed by atoms with Gasteiger partial charge in [0.2, 0.25) is 11.8 Å². The van der Waals surface area contributed by atoms with Crippen LogP contribution in [0.1, 0.15) is 40.0 Å². The second-order valence-electron chi connectivity index (χ2n) is 6.11. The predicted molar refractivity (Wildman–Crippen MR) is 78.3 cm³/mol. The molecule has 2 rings (SSSR count). The van der Waals surface area contributed by atoms with E-state index in [-0.39, 0.29) is 17.7 Å². The molecule has 20 heavy (non-hydrogen) atoms. The van der Waals surface area contributed by atoms with Crippen molar-refractivity contribution in [2.24, 2.45) is 21.8 Å². The van der Waals surface area contributed by atoms with Gasteiger partial charge in [0.1, 0.15) is 6.04 Å². The van der Waals surface area contributed by atoms with Gasteiger partial charge < -0.3 is 9.47 Å². The number of ether oxygens (including phenoxy) is 2. The van der Waals surface area contributed by atoms with Crippen LogP contribution in [0.4, 0.5) is 0 Å². The van der Waals surface area contributed by atoms with Crippen LogP contribution in [-0.2, 0) is 14.3 Å². The minimum Gasteiger partial charge on any atom is -0.483 e. The SMILES string of the molecule is COC1=N[C@]2(CC[C@H](C)CC2=O)C(OC)=N[C@@H]1C(C)C. The zero-order valence-corrected chi connectivity index (χ0v) is 13.0. The Balaban J connectivity index is 2.44. The minimum absolute atomic E-state index is 0.0913. The van der Waals surface area contributed by atoms with E-state index >= 15 is 0 Å². The molecule has 0 aromatic rings. The number of aliphatic imine (C=N–C) groups is 2. The van der Waals surface area contributed by atoms with E-state index in [4.69, 9.17) is 9.47 Å². The third-order valence-electron chi connectivity index (χ3n) is 4.19. The first kappa shape index (κ1) is 15.0. The molecule has 0 saturated heterocycles. The van der Waals surface area contributed by atoms with E-state index in [9.17, 15) is 4.79 Å². The molecule has 0 amide bonds. The predicted octanol–water partition coefficient (Wildman–Crippen LogP) is 2.24. The summed E-state index contributed by atoms with van der Waals surface area (Å²) in [6, 6.07) is -0.173. The third-order valence-corrected chi connectivity index (χ3v) is 4.19. The van der Waals surface area contributed by atoms with E-state index < -0.39 is 5.54 Å². The van der Waals surface area contributed by atoms with Gasteiger partial charge in [-0.1, -0.05) is 20.8 Å². The number of hydrogen-bond donors (Lipinski definition) is 0. The number of nitrogens with zero attached hydrogens (tertiary/aromatic N) is 2. The Kier molecular flexibility index (Phi) is 4.16. The highest BCUT2D eigenvalue weighted by molar-refractivity contribution is 6.14. The van der Waals surface area contributed by atoms with Gasteiger partial charge in [-0.25, -0.2) is 9.98 Å². The largest absolute Gasteiger partial charge is 0.483 e. The molecule has 0 radical (unpaired) electrons. The molecule has 3 atom stereocenters. The van der Waals surface area contributed by atoms with Crippen molar-refractivity contribution in [1.29, 1.82) is 0 Å². The maximum absolute atomic E-state index is 12.6. The Bertz CT molecular complexity index is 456. The lowest BCUT2D eigenvalue weighted by Crippen LogP contribution is -2.54. The summed E-state index contributed by atoms with van der Waals surface area (Å²) in [6.45, 7) is 6.20. The molecule has 0 aromatic carbocycles. The number of hydrogen-bond acceptors (Lipinski definition) is 5. The van der Waals surface area contributed by atoms with Gasteiger partial charge in [-0.2, -0.15) is 0 Å². The summed E-state index contributed by atoms with van der Waals surface area (Å²) in [7, 11) is 3.15. The Morgan fingerprint density at radius 3 is 2.50 bits per heavy atom. The Hall–Kier alpha value is -1.39. The van der Waals surface area contributed by atoms with Gasteiger partial charge in [-0.3, -0.25) is 4.79 Å². The summed E-state index contributed by atoms with van der Waals surface area (Å²) in [4.78, 5) is 21.8. The standard InChI is InChI=1S/C15H24N2O3/c1-9(2)12-13(19-4)17-15(14(16-12)20-5)7-6-10(3)8-11(15)18/h9-10,12H,6-8H2,1-5H3/t10-,12+,15-/m0/s1. The Labute approximate surface area is 120 Å². The molecule has 0 bridgehead atoms. The molecule has 0 unspecified atom stereocenters. The Morgan fingerprint density at radius 2 is 2.00 bits per heavy atom. The van der Waals surface area contributed by atoms with Crippen LogP contribution in [0.2, 0.25) is 0 Å². The van der Waals surface area contributed by atoms with Gasteiger partial charge >= 0.3 is 0 Å². The highest BCUT2D eigenvalue weighted by atomic mass is 16.5. The molecule has 2 aliphatic rings. The second kappa shape index (κ2) is 5.54. The van der Waals surface area contributed by atoms with Crippen molar-refractivity contribution < 1.29 is 14.3 Å². The van der Waals surface area contributed by atoms with Crippen LogP contribution in [0, 0.1) is 11.8 Å². The average Bonchev–Trinajstić information content (AvgIpc) is 2.42. The quantitative estimate of drug-likeness (QED) is 0.740. The zero-order valence-electron chi connectivity index (χ0n) is 13.0. The number of carbonyl (C=O) groups excluding carboxylic acids is 1. The summed E-state index contributed by atoms with van der Waals surface area (Å²) in [5.74, 6) is 1.73. The van der Waals surface area contributed by atoms with E-state index in [1.807, 2.05) is 0 Å². The zero-order chi connectivity index (χ0) is 14.9. The normalized spacial score (nSPS) is 34.0. The molecular weight excluding hydrogens is 256 g/mol. The van der Waals surface area contributed by atoms with Gasteiger partial charge in [0, 0.05) is 6.42 Å². The fraction of sp³-hybridized carbons (Fsp3) is 0.800. The van der Waals surface area contributed by atoms with Gasteiger partial charge in [0.25, 0.3) is 0 Å². The summed E-state index contributed by atoms with van der Waals surface area (Å²) >= 11 is 0. The number of methoxy groups -OCH3 is 2. The van der Waals surface area contributed by atoms with Crippen molar-refractivity contribution in [2.75, 3.05) is 14.2 Å². The number of ketones is 1. The number of Topliss-reactive ketones (excluding diaryl/α,β-unsaturated/α-hetero) is 1. The smallest absolute Gasteiger partial charge is 0.220 e. The van der Waals surface area contributed by atoms with Crippen molar-refractivity contribution in [3.8, 4) is 0 Å². The minimum atomic E-state index is -0.946. The van der Waals surface area contributed by atoms with E-state index in [2.05, 4.69) is 30.8 Å². The molecule has 1 aliphatic carbocycles. The third kappa shape index (κ3) is 2.34. The van der Waals surface area contributed by atoms with E-state index in [1.54, 1.807) is 14.2 Å². The Morgan fingerprint density at radius 1 is 1.30 bits per heavy atom. The lowest BCUT2D eigenvalue weighted by Gasteiger charge is -2.38. The lowest BCUT2D eigenvalue weighted by atomic mass is 9.75. The van der Waals surface area contributed by atoms with Crippen molar-refractivity contribution in [2.45, 2.75) is 51.6 Å². The van der Waals surface area contributed by atoms with Crippen LogP contribution in [0.15, 0.2) is 9.98 Å². The monoisotopic (exact) mass is 280 g/mol. The van der Waals surface area contributed by atoms with Crippen LogP contribution in [0.25, 0.3) is 0 Å². The highest BCUT2D eigenvalue weighted by Gasteiger charge is 2.51. The van der Waals surface area contributed by atoms with E-state index in [0.717, 1.165) is 6.42 Å². The average molecular weight is 280 g/mol. The first-order valence-electron chi connectivity index (χ1n) is 7.24. The molecular formula is C15H24N2O3. The maximum Gasteiger partial charge on any atom is 0.220 e. The van der Waals surface area contributed by atoms with Crippen molar-refractivity contribution in [1.82, 2.24) is 0 Å². The summed E-state index contributed by atoms with van der Waals surface area (Å²) in [5, 5.41) is 0. The van der Waals surface area contributed by atoms with Crippen LogP contribution in [0.3, 0.4) is 0 Å². The van der Waals surface area contributed by atoms with Gasteiger partial charge in [0.15, 0.2) is 11.3 Å². The lowest BCUT2D eigenvalue weighted by molar-refractivity contribution is -0.125. The molecule has 1 heterocycles. The summed E-state index contributed by atoms with van der Waals surface area (Å²) < 4.78 is 10.8. The maximum atomic E-state index is 12.6. The summed E-state index contributed by atoms with van der Waals surface area (Å²) in [5.41, 5.74) is -0.946. The number of carbonyl (C=O) groups is 1. The molecule has 1 saturated carbocycles. The van der Waals surface area contributed by atoms with Gasteiger partial charge in [-0.05, 0) is 24.7 Å². The molecule has 112 valence electrons. The fourth-order valence-corrected chi connectivity index (χ4v) is 2.94. The molecule has 5 heteroatoms.